The lowest BCUT2D eigenvalue weighted by Gasteiger charge is -2.06. The van der Waals surface area contributed by atoms with E-state index in [2.05, 4.69) is 15.3 Å². The highest BCUT2D eigenvalue weighted by Gasteiger charge is 2.11. The van der Waals surface area contributed by atoms with Gasteiger partial charge in [-0.25, -0.2) is 0 Å². The van der Waals surface area contributed by atoms with Crippen molar-refractivity contribution >= 4 is 0 Å². The third kappa shape index (κ3) is 1.62. The van der Waals surface area contributed by atoms with Gasteiger partial charge in [0.1, 0.15) is 6.10 Å². The summed E-state index contributed by atoms with van der Waals surface area (Å²) in [6.45, 7) is 0. The van der Waals surface area contributed by atoms with Crippen molar-refractivity contribution in [3.8, 4) is 0 Å². The van der Waals surface area contributed by atoms with Crippen LogP contribution in [-0.4, -0.2) is 25.1 Å². The van der Waals surface area contributed by atoms with E-state index in [9.17, 15) is 5.11 Å². The molecule has 5 nitrogen and oxygen atoms in total. The molecule has 0 radical (unpaired) electrons. The van der Waals surface area contributed by atoms with Crippen molar-refractivity contribution in [3.63, 3.8) is 0 Å². The van der Waals surface area contributed by atoms with E-state index in [1.807, 2.05) is 0 Å². The fourth-order valence-corrected chi connectivity index (χ4v) is 1.24. The summed E-state index contributed by atoms with van der Waals surface area (Å²) in [5.41, 5.74) is 1.47. The number of aryl methyl sites for hydroxylation is 1. The molecule has 0 spiro atoms. The van der Waals surface area contributed by atoms with E-state index >= 15 is 0 Å². The van der Waals surface area contributed by atoms with Crippen LogP contribution in [0.5, 0.6) is 0 Å². The smallest absolute Gasteiger partial charge is 0.109 e. The molecule has 72 valence electrons. The first-order chi connectivity index (χ1) is 6.77. The van der Waals surface area contributed by atoms with E-state index in [1.54, 1.807) is 36.4 Å². The Kier molecular flexibility index (Phi) is 2.24. The maximum atomic E-state index is 9.88. The number of aliphatic hydroxyl groups is 1. The minimum absolute atomic E-state index is 0.681. The second kappa shape index (κ2) is 3.55. The maximum Gasteiger partial charge on any atom is 0.109 e. The van der Waals surface area contributed by atoms with Crippen LogP contribution in [0.3, 0.4) is 0 Å². The Bertz CT molecular complexity index is 412. The second-order valence-electron chi connectivity index (χ2n) is 3.03. The van der Waals surface area contributed by atoms with Gasteiger partial charge in [-0.3, -0.25) is 4.68 Å². The molecule has 2 aromatic rings. The first-order valence-electron chi connectivity index (χ1n) is 4.20. The van der Waals surface area contributed by atoms with Crippen molar-refractivity contribution in [2.45, 2.75) is 6.10 Å². The summed E-state index contributed by atoms with van der Waals surface area (Å²) in [6.07, 6.45) is 5.81. The molecule has 0 aliphatic rings. The molecule has 0 bridgehead atoms. The first kappa shape index (κ1) is 8.83. The fourth-order valence-electron chi connectivity index (χ4n) is 1.24. The molecule has 1 N–H and O–H groups in total. The van der Waals surface area contributed by atoms with Crippen LogP contribution in [0.25, 0.3) is 0 Å². The molecule has 14 heavy (non-hydrogen) atoms. The molecular weight excluding hydrogens is 180 g/mol. The fraction of sp³-hybridized carbons (Fsp3) is 0.222. The standard InChI is InChI=1S/C9H10N4O/c1-13-6-8(5-12-13)9(14)7-2-3-10-11-4-7/h2-6,9,14H,1H3. The molecule has 0 fully saturated rings. The average Bonchev–Trinajstić information content (AvgIpc) is 2.65. The zero-order valence-corrected chi connectivity index (χ0v) is 7.70. The van der Waals surface area contributed by atoms with Crippen LogP contribution in [0.2, 0.25) is 0 Å². The third-order valence-corrected chi connectivity index (χ3v) is 1.96. The predicted octanol–water partition coefficient (Wildman–Crippen LogP) is 0.292. The van der Waals surface area contributed by atoms with E-state index in [-0.39, 0.29) is 0 Å². The molecule has 0 aliphatic heterocycles. The molecule has 0 saturated heterocycles. The topological polar surface area (TPSA) is 63.8 Å². The second-order valence-corrected chi connectivity index (χ2v) is 3.03. The lowest BCUT2D eigenvalue weighted by atomic mass is 10.1. The number of aliphatic hydroxyl groups excluding tert-OH is 1. The van der Waals surface area contributed by atoms with Gasteiger partial charge in [0.2, 0.25) is 0 Å². The van der Waals surface area contributed by atoms with Crippen molar-refractivity contribution in [1.82, 2.24) is 20.0 Å². The van der Waals surface area contributed by atoms with E-state index in [1.165, 1.54) is 6.20 Å². The highest BCUT2D eigenvalue weighted by Crippen LogP contribution is 2.19. The predicted molar refractivity (Wildman–Crippen MR) is 49.3 cm³/mol. The Hall–Kier alpha value is -1.75. The Morgan fingerprint density at radius 1 is 1.29 bits per heavy atom. The van der Waals surface area contributed by atoms with E-state index in [0.29, 0.717) is 5.56 Å². The van der Waals surface area contributed by atoms with Crippen LogP contribution in [0.4, 0.5) is 0 Å². The Morgan fingerprint density at radius 3 is 2.71 bits per heavy atom. The highest BCUT2D eigenvalue weighted by atomic mass is 16.3. The summed E-state index contributed by atoms with van der Waals surface area (Å²) < 4.78 is 1.65. The van der Waals surface area contributed by atoms with E-state index in [0.717, 1.165) is 5.56 Å². The summed E-state index contributed by atoms with van der Waals surface area (Å²) >= 11 is 0. The highest BCUT2D eigenvalue weighted by molar-refractivity contribution is 5.22. The molecule has 0 amide bonds. The average molecular weight is 190 g/mol. The Morgan fingerprint density at radius 2 is 2.14 bits per heavy atom. The number of hydrogen-bond donors (Lipinski definition) is 1. The van der Waals surface area contributed by atoms with Gasteiger partial charge in [-0.1, -0.05) is 0 Å². The van der Waals surface area contributed by atoms with Gasteiger partial charge in [0, 0.05) is 30.6 Å². The molecule has 1 unspecified atom stereocenters. The Labute approximate surface area is 81.0 Å². The first-order valence-corrected chi connectivity index (χ1v) is 4.20. The van der Waals surface area contributed by atoms with Crippen LogP contribution in [0, 0.1) is 0 Å². The van der Waals surface area contributed by atoms with Gasteiger partial charge >= 0.3 is 0 Å². The number of hydrogen-bond acceptors (Lipinski definition) is 4. The van der Waals surface area contributed by atoms with Crippen LogP contribution in [0.15, 0.2) is 30.9 Å². The van der Waals surface area contributed by atoms with Gasteiger partial charge in [-0.15, -0.1) is 0 Å². The minimum Gasteiger partial charge on any atom is -0.383 e. The Balaban J connectivity index is 2.29. The third-order valence-electron chi connectivity index (χ3n) is 1.96. The summed E-state index contributed by atoms with van der Waals surface area (Å²) in [6, 6.07) is 1.73. The summed E-state index contributed by atoms with van der Waals surface area (Å²) in [5, 5.41) is 21.2. The van der Waals surface area contributed by atoms with Crippen LogP contribution < -0.4 is 0 Å². The largest absolute Gasteiger partial charge is 0.383 e. The van der Waals surface area contributed by atoms with Gasteiger partial charge in [0.25, 0.3) is 0 Å². The van der Waals surface area contributed by atoms with E-state index in [4.69, 9.17) is 0 Å². The van der Waals surface area contributed by atoms with Crippen LogP contribution in [-0.2, 0) is 7.05 Å². The monoisotopic (exact) mass is 190 g/mol. The summed E-state index contributed by atoms with van der Waals surface area (Å²) in [7, 11) is 1.81. The van der Waals surface area contributed by atoms with E-state index < -0.39 is 6.10 Å². The molecule has 2 heterocycles. The number of rotatable bonds is 2. The molecule has 0 aliphatic carbocycles. The molecule has 0 aromatic carbocycles. The van der Waals surface area contributed by atoms with Crippen molar-refractivity contribution in [2.75, 3.05) is 0 Å². The maximum absolute atomic E-state index is 9.88. The van der Waals surface area contributed by atoms with Crippen molar-refractivity contribution in [2.24, 2.45) is 7.05 Å². The molecule has 2 aromatic heterocycles. The zero-order chi connectivity index (χ0) is 9.97. The van der Waals surface area contributed by atoms with Crippen molar-refractivity contribution in [3.05, 3.63) is 42.0 Å². The lowest BCUT2D eigenvalue weighted by molar-refractivity contribution is 0.219. The van der Waals surface area contributed by atoms with Crippen LogP contribution in [0.1, 0.15) is 17.2 Å². The van der Waals surface area contributed by atoms with Crippen molar-refractivity contribution < 1.29 is 5.11 Å². The molecule has 5 heteroatoms. The van der Waals surface area contributed by atoms with Gasteiger partial charge in [0.05, 0.1) is 12.4 Å². The zero-order valence-electron chi connectivity index (χ0n) is 7.70. The quantitative estimate of drug-likeness (QED) is 0.739. The summed E-state index contributed by atoms with van der Waals surface area (Å²) in [5.74, 6) is 0. The number of nitrogens with zero attached hydrogens (tertiary/aromatic N) is 4. The molecule has 0 saturated carbocycles. The van der Waals surface area contributed by atoms with Gasteiger partial charge in [-0.05, 0) is 6.07 Å². The van der Waals surface area contributed by atoms with Gasteiger partial charge in [0.15, 0.2) is 0 Å². The van der Waals surface area contributed by atoms with Gasteiger partial charge in [-0.2, -0.15) is 15.3 Å². The lowest BCUT2D eigenvalue weighted by Crippen LogP contribution is -1.99. The SMILES string of the molecule is Cn1cc(C(O)c2ccnnc2)cn1. The number of aromatic nitrogens is 4. The molecule has 1 atom stereocenters. The molecular formula is C9H10N4O. The van der Waals surface area contributed by atoms with Gasteiger partial charge < -0.3 is 5.11 Å². The summed E-state index contributed by atoms with van der Waals surface area (Å²) in [4.78, 5) is 0. The molecule has 2 rings (SSSR count). The van der Waals surface area contributed by atoms with Crippen molar-refractivity contribution in [1.29, 1.82) is 0 Å². The minimum atomic E-state index is -0.681. The van der Waals surface area contributed by atoms with Crippen LogP contribution >= 0.6 is 0 Å². The normalized spacial score (nSPS) is 12.7.